The molecule has 12 heavy (non-hydrogen) atoms. The van der Waals surface area contributed by atoms with Crippen molar-refractivity contribution in [2.24, 2.45) is 11.8 Å². The van der Waals surface area contributed by atoms with Crippen molar-refractivity contribution in [3.8, 4) is 0 Å². The average molecular weight is 166 g/mol. The van der Waals surface area contributed by atoms with Gasteiger partial charge in [0.1, 0.15) is 5.78 Å². The molecule has 2 atom stereocenters. The topological polar surface area (TPSA) is 17.1 Å². The average Bonchev–Trinajstić information content (AvgIpc) is 2.04. The molecule has 2 unspecified atom stereocenters. The fourth-order valence-electron chi connectivity index (χ4n) is 1.95. The summed E-state index contributed by atoms with van der Waals surface area (Å²) in [5.41, 5.74) is 0. The van der Waals surface area contributed by atoms with Crippen molar-refractivity contribution >= 4 is 5.78 Å². The van der Waals surface area contributed by atoms with Crippen molar-refractivity contribution in [1.29, 1.82) is 0 Å². The third-order valence-electron chi connectivity index (χ3n) is 2.81. The second-order valence-electron chi connectivity index (χ2n) is 3.75. The van der Waals surface area contributed by atoms with E-state index in [1.165, 1.54) is 6.42 Å². The fraction of sp³-hybridized carbons (Fsp3) is 0.727. The van der Waals surface area contributed by atoms with Gasteiger partial charge in [-0.15, -0.1) is 0 Å². The molecule has 1 aliphatic carbocycles. The van der Waals surface area contributed by atoms with Gasteiger partial charge in [0.15, 0.2) is 0 Å². The first-order valence-electron chi connectivity index (χ1n) is 4.89. The minimum atomic E-state index is 0.315. The number of rotatable bonds is 2. The summed E-state index contributed by atoms with van der Waals surface area (Å²) in [5.74, 6) is 1.39. The standard InChI is InChI=1S/C11H18O/c1-3-4-7-10-9(2)6-5-8-11(10)12/h3-4,9-10H,5-8H2,1-2H3/b4-3+. The van der Waals surface area contributed by atoms with Crippen LogP contribution in [0.4, 0.5) is 0 Å². The highest BCUT2D eigenvalue weighted by Gasteiger charge is 2.27. The molecule has 1 rings (SSSR count). The molecule has 0 spiro atoms. The maximum Gasteiger partial charge on any atom is 0.136 e. The van der Waals surface area contributed by atoms with Crippen LogP contribution in [0.15, 0.2) is 12.2 Å². The predicted octanol–water partition coefficient (Wildman–Crippen LogP) is 2.96. The van der Waals surface area contributed by atoms with E-state index in [9.17, 15) is 4.79 Å². The summed E-state index contributed by atoms with van der Waals surface area (Å²) in [5, 5.41) is 0. The number of hydrogen-bond donors (Lipinski definition) is 0. The van der Waals surface area contributed by atoms with Crippen molar-refractivity contribution in [1.82, 2.24) is 0 Å². The Morgan fingerprint density at radius 3 is 2.92 bits per heavy atom. The van der Waals surface area contributed by atoms with E-state index in [-0.39, 0.29) is 0 Å². The van der Waals surface area contributed by atoms with Crippen LogP contribution >= 0.6 is 0 Å². The van der Waals surface area contributed by atoms with Crippen LogP contribution in [-0.2, 0) is 4.79 Å². The van der Waals surface area contributed by atoms with Gasteiger partial charge in [0.25, 0.3) is 0 Å². The van der Waals surface area contributed by atoms with Gasteiger partial charge < -0.3 is 0 Å². The number of allylic oxidation sites excluding steroid dienone is 2. The summed E-state index contributed by atoms with van der Waals surface area (Å²) in [7, 11) is 0. The van der Waals surface area contributed by atoms with E-state index < -0.39 is 0 Å². The van der Waals surface area contributed by atoms with E-state index in [2.05, 4.69) is 13.0 Å². The summed E-state index contributed by atoms with van der Waals surface area (Å²) in [4.78, 5) is 11.5. The summed E-state index contributed by atoms with van der Waals surface area (Å²) in [6.07, 6.45) is 8.25. The maximum atomic E-state index is 11.5. The minimum absolute atomic E-state index is 0.315. The highest BCUT2D eigenvalue weighted by Crippen LogP contribution is 2.29. The highest BCUT2D eigenvalue weighted by atomic mass is 16.1. The Morgan fingerprint density at radius 2 is 2.33 bits per heavy atom. The maximum absolute atomic E-state index is 11.5. The van der Waals surface area contributed by atoms with Crippen LogP contribution in [0.25, 0.3) is 0 Å². The lowest BCUT2D eigenvalue weighted by Crippen LogP contribution is -2.25. The van der Waals surface area contributed by atoms with Crippen LogP contribution in [0.5, 0.6) is 0 Å². The van der Waals surface area contributed by atoms with Crippen molar-refractivity contribution in [2.75, 3.05) is 0 Å². The van der Waals surface area contributed by atoms with Gasteiger partial charge in [0.05, 0.1) is 0 Å². The third kappa shape index (κ3) is 2.20. The summed E-state index contributed by atoms with van der Waals surface area (Å²) in [6.45, 7) is 4.21. The molecular formula is C11H18O. The molecule has 1 heteroatoms. The van der Waals surface area contributed by atoms with E-state index in [0.29, 0.717) is 17.6 Å². The fourth-order valence-corrected chi connectivity index (χ4v) is 1.95. The largest absolute Gasteiger partial charge is 0.299 e. The molecular weight excluding hydrogens is 148 g/mol. The zero-order chi connectivity index (χ0) is 8.97. The van der Waals surface area contributed by atoms with Gasteiger partial charge in [-0.25, -0.2) is 0 Å². The molecule has 0 saturated heterocycles. The predicted molar refractivity (Wildman–Crippen MR) is 50.9 cm³/mol. The van der Waals surface area contributed by atoms with Gasteiger partial charge in [-0.3, -0.25) is 4.79 Å². The Kier molecular flexibility index (Phi) is 3.51. The van der Waals surface area contributed by atoms with Gasteiger partial charge in [-0.05, 0) is 32.1 Å². The van der Waals surface area contributed by atoms with E-state index in [1.54, 1.807) is 0 Å². The molecule has 1 nitrogen and oxygen atoms in total. The molecule has 1 fully saturated rings. The van der Waals surface area contributed by atoms with Crippen LogP contribution in [0, 0.1) is 11.8 Å². The van der Waals surface area contributed by atoms with Crippen LogP contribution in [0.2, 0.25) is 0 Å². The lowest BCUT2D eigenvalue weighted by Gasteiger charge is -2.26. The van der Waals surface area contributed by atoms with Crippen LogP contribution in [-0.4, -0.2) is 5.78 Å². The number of carbonyl (C=O) groups excluding carboxylic acids is 1. The van der Waals surface area contributed by atoms with Crippen molar-refractivity contribution in [2.45, 2.75) is 39.5 Å². The number of carbonyl (C=O) groups is 1. The molecule has 0 aromatic heterocycles. The molecule has 1 saturated carbocycles. The Hall–Kier alpha value is -0.590. The first-order valence-corrected chi connectivity index (χ1v) is 4.89. The van der Waals surface area contributed by atoms with Gasteiger partial charge in [0.2, 0.25) is 0 Å². The van der Waals surface area contributed by atoms with Crippen LogP contribution in [0.3, 0.4) is 0 Å². The van der Waals surface area contributed by atoms with Crippen LogP contribution < -0.4 is 0 Å². The molecule has 0 radical (unpaired) electrons. The summed E-state index contributed by atoms with van der Waals surface area (Å²) in [6, 6.07) is 0. The summed E-state index contributed by atoms with van der Waals surface area (Å²) >= 11 is 0. The minimum Gasteiger partial charge on any atom is -0.299 e. The van der Waals surface area contributed by atoms with E-state index in [4.69, 9.17) is 0 Å². The van der Waals surface area contributed by atoms with Crippen molar-refractivity contribution in [3.05, 3.63) is 12.2 Å². The van der Waals surface area contributed by atoms with E-state index >= 15 is 0 Å². The molecule has 0 amide bonds. The van der Waals surface area contributed by atoms with E-state index in [0.717, 1.165) is 19.3 Å². The van der Waals surface area contributed by atoms with Crippen LogP contribution in [0.1, 0.15) is 39.5 Å². The Labute approximate surface area is 74.9 Å². The second-order valence-corrected chi connectivity index (χ2v) is 3.75. The lowest BCUT2D eigenvalue weighted by atomic mass is 9.78. The molecule has 0 N–H and O–H groups in total. The Bertz CT molecular complexity index is 181. The van der Waals surface area contributed by atoms with Gasteiger partial charge in [-0.1, -0.05) is 19.1 Å². The smallest absolute Gasteiger partial charge is 0.136 e. The number of Topliss-reactive ketones (excluding diaryl/α,β-unsaturated/α-hetero) is 1. The van der Waals surface area contributed by atoms with Crippen molar-refractivity contribution in [3.63, 3.8) is 0 Å². The van der Waals surface area contributed by atoms with Gasteiger partial charge >= 0.3 is 0 Å². The second kappa shape index (κ2) is 4.44. The monoisotopic (exact) mass is 166 g/mol. The molecule has 0 aromatic carbocycles. The molecule has 0 bridgehead atoms. The quantitative estimate of drug-likeness (QED) is 0.576. The molecule has 0 aromatic rings. The zero-order valence-corrected chi connectivity index (χ0v) is 8.05. The third-order valence-corrected chi connectivity index (χ3v) is 2.81. The molecule has 68 valence electrons. The number of ketones is 1. The number of hydrogen-bond acceptors (Lipinski definition) is 1. The normalized spacial score (nSPS) is 31.3. The molecule has 1 aliphatic rings. The SMILES string of the molecule is C/C=C/CC1C(=O)CCCC1C. The molecule has 0 heterocycles. The first kappa shape index (κ1) is 9.50. The summed E-state index contributed by atoms with van der Waals surface area (Å²) < 4.78 is 0. The zero-order valence-electron chi connectivity index (χ0n) is 8.05. The van der Waals surface area contributed by atoms with Crippen molar-refractivity contribution < 1.29 is 4.79 Å². The Morgan fingerprint density at radius 1 is 1.58 bits per heavy atom. The van der Waals surface area contributed by atoms with Gasteiger partial charge in [-0.2, -0.15) is 0 Å². The lowest BCUT2D eigenvalue weighted by molar-refractivity contribution is -0.126. The van der Waals surface area contributed by atoms with Gasteiger partial charge in [0, 0.05) is 12.3 Å². The Balaban J connectivity index is 2.51. The first-order chi connectivity index (χ1) is 5.75. The van der Waals surface area contributed by atoms with E-state index in [1.807, 2.05) is 13.0 Å². The highest BCUT2D eigenvalue weighted by molar-refractivity contribution is 5.82. The molecule has 0 aliphatic heterocycles.